The van der Waals surface area contributed by atoms with E-state index in [2.05, 4.69) is 44.3 Å². The van der Waals surface area contributed by atoms with Gasteiger partial charge in [0.2, 0.25) is 0 Å². The zero-order valence-electron chi connectivity index (χ0n) is 14.2. The van der Waals surface area contributed by atoms with Crippen molar-refractivity contribution in [3.05, 3.63) is 34.9 Å². The number of benzene rings is 1. The van der Waals surface area contributed by atoms with Crippen molar-refractivity contribution in [2.75, 3.05) is 13.7 Å². The Hall–Kier alpha value is -0.860. The van der Waals surface area contributed by atoms with E-state index in [0.29, 0.717) is 6.04 Å². The van der Waals surface area contributed by atoms with Crippen molar-refractivity contribution >= 4 is 0 Å². The van der Waals surface area contributed by atoms with E-state index in [-0.39, 0.29) is 5.60 Å². The van der Waals surface area contributed by atoms with Crippen molar-refractivity contribution in [3.63, 3.8) is 0 Å². The number of methoxy groups -OCH3 is 1. The molecule has 2 heteroatoms. The quantitative estimate of drug-likeness (QED) is 0.813. The van der Waals surface area contributed by atoms with E-state index in [9.17, 15) is 0 Å². The molecule has 0 bridgehead atoms. The molecule has 1 aliphatic rings. The molecule has 1 unspecified atom stereocenters. The molecule has 1 aromatic rings. The summed E-state index contributed by atoms with van der Waals surface area (Å²) in [4.78, 5) is 0. The zero-order valence-corrected chi connectivity index (χ0v) is 14.2. The van der Waals surface area contributed by atoms with Gasteiger partial charge in [0.25, 0.3) is 0 Å². The summed E-state index contributed by atoms with van der Waals surface area (Å²) >= 11 is 0. The number of aryl methyl sites for hydroxylation is 2. The highest BCUT2D eigenvalue weighted by Gasteiger charge is 2.41. The summed E-state index contributed by atoms with van der Waals surface area (Å²) in [5, 5.41) is 3.77. The highest BCUT2D eigenvalue weighted by atomic mass is 16.5. The first kappa shape index (κ1) is 16.5. The second-order valence-electron chi connectivity index (χ2n) is 6.68. The van der Waals surface area contributed by atoms with Gasteiger partial charge >= 0.3 is 0 Å². The predicted molar refractivity (Wildman–Crippen MR) is 89.9 cm³/mol. The molecule has 0 spiro atoms. The SMILES string of the molecule is CCCNC(Cc1cc(C)cc(C)c1)C1(OC)CCCC1. The predicted octanol–water partition coefficient (Wildman–Crippen LogP) is 4.17. The maximum absolute atomic E-state index is 6.03. The van der Waals surface area contributed by atoms with Crippen LogP contribution in [0.25, 0.3) is 0 Å². The van der Waals surface area contributed by atoms with Gasteiger partial charge in [-0.2, -0.15) is 0 Å². The van der Waals surface area contributed by atoms with Crippen molar-refractivity contribution in [2.24, 2.45) is 0 Å². The molecule has 0 aromatic heterocycles. The number of rotatable bonds is 7. The molecule has 1 saturated carbocycles. The van der Waals surface area contributed by atoms with Crippen LogP contribution in [0.5, 0.6) is 0 Å². The van der Waals surface area contributed by atoms with Gasteiger partial charge in [-0.15, -0.1) is 0 Å². The van der Waals surface area contributed by atoms with Gasteiger partial charge in [0, 0.05) is 13.2 Å². The molecule has 1 aliphatic carbocycles. The lowest BCUT2D eigenvalue weighted by molar-refractivity contribution is -0.0354. The Labute approximate surface area is 130 Å². The van der Waals surface area contributed by atoms with Crippen LogP contribution in [-0.2, 0) is 11.2 Å². The van der Waals surface area contributed by atoms with Gasteiger partial charge in [0.1, 0.15) is 0 Å². The topological polar surface area (TPSA) is 21.3 Å². The highest BCUT2D eigenvalue weighted by Crippen LogP contribution is 2.37. The lowest BCUT2D eigenvalue weighted by Crippen LogP contribution is -2.52. The Morgan fingerprint density at radius 3 is 2.29 bits per heavy atom. The van der Waals surface area contributed by atoms with E-state index in [1.165, 1.54) is 48.8 Å². The molecule has 1 aromatic carbocycles. The van der Waals surface area contributed by atoms with Crippen LogP contribution in [0.1, 0.15) is 55.7 Å². The maximum Gasteiger partial charge on any atom is 0.0834 e. The Balaban J connectivity index is 2.19. The molecule has 118 valence electrons. The van der Waals surface area contributed by atoms with Gasteiger partial charge in [0.05, 0.1) is 5.60 Å². The molecule has 1 N–H and O–H groups in total. The molecule has 21 heavy (non-hydrogen) atoms. The van der Waals surface area contributed by atoms with Crippen LogP contribution in [0.2, 0.25) is 0 Å². The minimum Gasteiger partial charge on any atom is -0.377 e. The second kappa shape index (κ2) is 7.42. The zero-order chi connectivity index (χ0) is 15.3. The van der Waals surface area contributed by atoms with Crippen LogP contribution in [0.4, 0.5) is 0 Å². The second-order valence-corrected chi connectivity index (χ2v) is 6.68. The Morgan fingerprint density at radius 2 is 1.76 bits per heavy atom. The summed E-state index contributed by atoms with van der Waals surface area (Å²) in [6, 6.07) is 7.32. The van der Waals surface area contributed by atoms with E-state index in [1.807, 2.05) is 7.11 Å². The van der Waals surface area contributed by atoms with Gasteiger partial charge in [-0.05, 0) is 51.6 Å². The lowest BCUT2D eigenvalue weighted by Gasteiger charge is -2.37. The fourth-order valence-corrected chi connectivity index (χ4v) is 3.85. The molecule has 0 saturated heterocycles. The minimum absolute atomic E-state index is 0.0345. The molecular formula is C19H31NO. The minimum atomic E-state index is 0.0345. The van der Waals surface area contributed by atoms with Crippen molar-refractivity contribution in [1.29, 1.82) is 0 Å². The third-order valence-corrected chi connectivity index (χ3v) is 4.85. The fraction of sp³-hybridized carbons (Fsp3) is 0.684. The van der Waals surface area contributed by atoms with Crippen LogP contribution < -0.4 is 5.32 Å². The standard InChI is InChI=1S/C19H31NO/c1-5-10-20-18(19(21-4)8-6-7-9-19)14-17-12-15(2)11-16(3)13-17/h11-13,18,20H,5-10,14H2,1-4H3. The number of ether oxygens (including phenoxy) is 1. The average molecular weight is 289 g/mol. The van der Waals surface area contributed by atoms with Crippen molar-refractivity contribution < 1.29 is 4.74 Å². The lowest BCUT2D eigenvalue weighted by atomic mass is 9.86. The number of nitrogens with one attached hydrogen (secondary N) is 1. The fourth-order valence-electron chi connectivity index (χ4n) is 3.85. The summed E-state index contributed by atoms with van der Waals surface area (Å²) in [6.07, 6.45) is 7.21. The van der Waals surface area contributed by atoms with Crippen molar-refractivity contribution in [2.45, 2.75) is 70.9 Å². The molecule has 0 amide bonds. The van der Waals surface area contributed by atoms with E-state index in [4.69, 9.17) is 4.74 Å². The smallest absolute Gasteiger partial charge is 0.0834 e. The number of hydrogen-bond acceptors (Lipinski definition) is 2. The normalized spacial score (nSPS) is 18.9. The van der Waals surface area contributed by atoms with Crippen LogP contribution in [0, 0.1) is 13.8 Å². The first-order chi connectivity index (χ1) is 10.1. The first-order valence-corrected chi connectivity index (χ1v) is 8.45. The third-order valence-electron chi connectivity index (χ3n) is 4.85. The van der Waals surface area contributed by atoms with Crippen molar-refractivity contribution in [1.82, 2.24) is 5.32 Å². The molecule has 0 aliphatic heterocycles. The molecule has 0 heterocycles. The largest absolute Gasteiger partial charge is 0.377 e. The van der Waals surface area contributed by atoms with Crippen LogP contribution in [0.3, 0.4) is 0 Å². The van der Waals surface area contributed by atoms with Crippen LogP contribution in [0.15, 0.2) is 18.2 Å². The van der Waals surface area contributed by atoms with E-state index >= 15 is 0 Å². The van der Waals surface area contributed by atoms with Crippen LogP contribution >= 0.6 is 0 Å². The summed E-state index contributed by atoms with van der Waals surface area (Å²) in [7, 11) is 1.90. The molecule has 0 radical (unpaired) electrons. The molecular weight excluding hydrogens is 258 g/mol. The summed E-state index contributed by atoms with van der Waals surface area (Å²) in [5.41, 5.74) is 4.19. The van der Waals surface area contributed by atoms with E-state index in [1.54, 1.807) is 0 Å². The molecule has 2 rings (SSSR count). The Kier molecular flexibility index (Phi) is 5.83. The van der Waals surface area contributed by atoms with Gasteiger partial charge in [-0.1, -0.05) is 49.1 Å². The monoisotopic (exact) mass is 289 g/mol. The first-order valence-electron chi connectivity index (χ1n) is 8.45. The number of hydrogen-bond donors (Lipinski definition) is 1. The van der Waals surface area contributed by atoms with Gasteiger partial charge in [-0.25, -0.2) is 0 Å². The Bertz CT molecular complexity index is 429. The van der Waals surface area contributed by atoms with Gasteiger partial charge < -0.3 is 10.1 Å². The van der Waals surface area contributed by atoms with Crippen LogP contribution in [-0.4, -0.2) is 25.3 Å². The maximum atomic E-state index is 6.03. The van der Waals surface area contributed by atoms with Gasteiger partial charge in [-0.3, -0.25) is 0 Å². The highest BCUT2D eigenvalue weighted by molar-refractivity contribution is 5.29. The summed E-state index contributed by atoms with van der Waals surface area (Å²) in [5.74, 6) is 0. The average Bonchev–Trinajstić information content (AvgIpc) is 2.92. The molecule has 2 nitrogen and oxygen atoms in total. The summed E-state index contributed by atoms with van der Waals surface area (Å²) < 4.78 is 6.03. The van der Waals surface area contributed by atoms with Crippen molar-refractivity contribution in [3.8, 4) is 0 Å². The molecule has 1 atom stereocenters. The third kappa shape index (κ3) is 4.08. The van der Waals surface area contributed by atoms with E-state index in [0.717, 1.165) is 13.0 Å². The summed E-state index contributed by atoms with van der Waals surface area (Å²) in [6.45, 7) is 7.68. The van der Waals surface area contributed by atoms with E-state index < -0.39 is 0 Å². The van der Waals surface area contributed by atoms with Gasteiger partial charge in [0.15, 0.2) is 0 Å². The Morgan fingerprint density at radius 1 is 1.14 bits per heavy atom. The molecule has 1 fully saturated rings.